The Morgan fingerprint density at radius 1 is 1.43 bits per heavy atom. The van der Waals surface area contributed by atoms with Crippen molar-refractivity contribution in [1.82, 2.24) is 0 Å². The van der Waals surface area contributed by atoms with Gasteiger partial charge in [0.15, 0.2) is 0 Å². The first-order chi connectivity index (χ1) is 6.37. The van der Waals surface area contributed by atoms with Crippen molar-refractivity contribution in [3.63, 3.8) is 0 Å². The van der Waals surface area contributed by atoms with Crippen molar-refractivity contribution in [2.45, 2.75) is 25.8 Å². The second-order valence-corrected chi connectivity index (χ2v) is 5.57. The van der Waals surface area contributed by atoms with Gasteiger partial charge in [-0.3, -0.25) is 0 Å². The first-order valence-electron chi connectivity index (χ1n) is 4.61. The summed E-state index contributed by atoms with van der Waals surface area (Å²) in [6, 6.07) is 5.08. The maximum absolute atomic E-state index is 13.6. The summed E-state index contributed by atoms with van der Waals surface area (Å²) in [5.41, 5.74) is 6.31. The summed E-state index contributed by atoms with van der Waals surface area (Å²) >= 11 is 3.23. The lowest BCUT2D eigenvalue weighted by Crippen LogP contribution is -2.26. The second kappa shape index (κ2) is 2.80. The number of benzene rings is 1. The molecule has 2 rings (SSSR count). The van der Waals surface area contributed by atoms with Crippen LogP contribution in [0.1, 0.15) is 25.8 Å². The molecule has 0 radical (unpaired) electrons. The van der Waals surface area contributed by atoms with E-state index in [1.807, 2.05) is 6.07 Å². The molecular weight excluding hydrogens is 245 g/mol. The van der Waals surface area contributed by atoms with Gasteiger partial charge in [-0.2, -0.15) is 0 Å². The van der Waals surface area contributed by atoms with Gasteiger partial charge in [-0.15, -0.1) is 0 Å². The van der Waals surface area contributed by atoms with Crippen molar-refractivity contribution in [3.05, 3.63) is 34.1 Å². The number of hydrogen-bond donors (Lipinski definition) is 1. The summed E-state index contributed by atoms with van der Waals surface area (Å²) in [6.07, 6.45) is 0.846. The van der Waals surface area contributed by atoms with Gasteiger partial charge in [0, 0.05) is 15.6 Å². The third kappa shape index (κ3) is 1.30. The van der Waals surface area contributed by atoms with Crippen molar-refractivity contribution in [3.8, 4) is 0 Å². The Morgan fingerprint density at radius 3 is 2.43 bits per heavy atom. The SMILES string of the molecule is CC1(C)CC1(N)c1ccc(Br)cc1F. The van der Waals surface area contributed by atoms with Gasteiger partial charge in [0.1, 0.15) is 5.82 Å². The number of rotatable bonds is 1. The highest BCUT2D eigenvalue weighted by Crippen LogP contribution is 2.60. The van der Waals surface area contributed by atoms with Crippen LogP contribution in [0.25, 0.3) is 0 Å². The molecule has 1 aliphatic rings. The molecule has 1 nitrogen and oxygen atoms in total. The molecule has 0 saturated heterocycles. The molecule has 1 aromatic carbocycles. The predicted octanol–water partition coefficient (Wildman–Crippen LogP) is 3.17. The minimum Gasteiger partial charge on any atom is -0.321 e. The van der Waals surface area contributed by atoms with E-state index in [1.54, 1.807) is 6.07 Å². The van der Waals surface area contributed by atoms with Crippen LogP contribution in [0.2, 0.25) is 0 Å². The Hall–Kier alpha value is -0.410. The van der Waals surface area contributed by atoms with Gasteiger partial charge in [0.25, 0.3) is 0 Å². The molecule has 0 heterocycles. The highest BCUT2D eigenvalue weighted by Gasteiger charge is 2.60. The lowest BCUT2D eigenvalue weighted by molar-refractivity contribution is 0.483. The summed E-state index contributed by atoms with van der Waals surface area (Å²) in [6.45, 7) is 4.13. The first-order valence-corrected chi connectivity index (χ1v) is 5.40. The van der Waals surface area contributed by atoms with E-state index in [2.05, 4.69) is 29.8 Å². The molecule has 0 aliphatic heterocycles. The monoisotopic (exact) mass is 257 g/mol. The minimum absolute atomic E-state index is 0.0155. The molecule has 1 fully saturated rings. The van der Waals surface area contributed by atoms with Gasteiger partial charge in [-0.25, -0.2) is 4.39 Å². The van der Waals surface area contributed by atoms with Crippen LogP contribution in [0.5, 0.6) is 0 Å². The van der Waals surface area contributed by atoms with Crippen molar-refractivity contribution >= 4 is 15.9 Å². The van der Waals surface area contributed by atoms with Gasteiger partial charge >= 0.3 is 0 Å². The number of nitrogens with two attached hydrogens (primary N) is 1. The fourth-order valence-electron chi connectivity index (χ4n) is 1.96. The average molecular weight is 258 g/mol. The molecule has 1 aliphatic carbocycles. The summed E-state index contributed by atoms with van der Waals surface area (Å²) in [4.78, 5) is 0. The first kappa shape index (κ1) is 10.1. The van der Waals surface area contributed by atoms with Crippen LogP contribution >= 0.6 is 15.9 Å². The van der Waals surface area contributed by atoms with Crippen molar-refractivity contribution < 1.29 is 4.39 Å². The van der Waals surface area contributed by atoms with Crippen LogP contribution in [0.3, 0.4) is 0 Å². The maximum atomic E-state index is 13.6. The molecule has 76 valence electrons. The second-order valence-electron chi connectivity index (χ2n) is 4.66. The normalized spacial score (nSPS) is 28.9. The maximum Gasteiger partial charge on any atom is 0.129 e. The Morgan fingerprint density at radius 2 is 2.00 bits per heavy atom. The largest absolute Gasteiger partial charge is 0.321 e. The minimum atomic E-state index is -0.474. The molecule has 14 heavy (non-hydrogen) atoms. The number of hydrogen-bond acceptors (Lipinski definition) is 1. The Kier molecular flexibility index (Phi) is 2.02. The van der Waals surface area contributed by atoms with Crippen LogP contribution in [0.4, 0.5) is 4.39 Å². The molecule has 1 saturated carbocycles. The molecule has 2 N–H and O–H groups in total. The molecule has 1 atom stereocenters. The van der Waals surface area contributed by atoms with E-state index in [9.17, 15) is 4.39 Å². The summed E-state index contributed by atoms with van der Waals surface area (Å²) in [5.74, 6) is -0.215. The zero-order chi connectivity index (χ0) is 10.6. The van der Waals surface area contributed by atoms with Crippen LogP contribution in [0.15, 0.2) is 22.7 Å². The number of halogens is 2. The zero-order valence-electron chi connectivity index (χ0n) is 8.27. The van der Waals surface area contributed by atoms with Crippen molar-refractivity contribution in [1.29, 1.82) is 0 Å². The molecule has 0 bridgehead atoms. The van der Waals surface area contributed by atoms with Crippen LogP contribution in [-0.4, -0.2) is 0 Å². The molecule has 3 heteroatoms. The molecule has 1 aromatic rings. The zero-order valence-corrected chi connectivity index (χ0v) is 9.86. The molecular formula is C11H13BrFN. The third-order valence-electron chi connectivity index (χ3n) is 3.22. The third-order valence-corrected chi connectivity index (χ3v) is 3.71. The van der Waals surface area contributed by atoms with Crippen molar-refractivity contribution in [2.75, 3.05) is 0 Å². The highest BCUT2D eigenvalue weighted by molar-refractivity contribution is 9.10. The van der Waals surface area contributed by atoms with E-state index in [0.29, 0.717) is 5.56 Å². The lowest BCUT2D eigenvalue weighted by atomic mass is 9.97. The highest BCUT2D eigenvalue weighted by atomic mass is 79.9. The lowest BCUT2D eigenvalue weighted by Gasteiger charge is -2.16. The average Bonchev–Trinajstić information content (AvgIpc) is 2.50. The molecule has 0 spiro atoms. The van der Waals surface area contributed by atoms with Gasteiger partial charge in [-0.1, -0.05) is 35.8 Å². The van der Waals surface area contributed by atoms with E-state index >= 15 is 0 Å². The fourth-order valence-corrected chi connectivity index (χ4v) is 2.30. The Labute approximate surface area is 91.6 Å². The fraction of sp³-hybridized carbons (Fsp3) is 0.455. The quantitative estimate of drug-likeness (QED) is 0.822. The van der Waals surface area contributed by atoms with Gasteiger partial charge in [0.2, 0.25) is 0 Å². The van der Waals surface area contributed by atoms with Crippen LogP contribution in [0, 0.1) is 11.2 Å². The summed E-state index contributed by atoms with van der Waals surface area (Å²) in [7, 11) is 0. The van der Waals surface area contributed by atoms with Crippen LogP contribution < -0.4 is 5.73 Å². The van der Waals surface area contributed by atoms with E-state index in [-0.39, 0.29) is 11.2 Å². The van der Waals surface area contributed by atoms with Crippen LogP contribution in [-0.2, 0) is 5.54 Å². The standard InChI is InChI=1S/C11H13BrFN/c1-10(2)6-11(10,14)8-4-3-7(12)5-9(8)13/h3-5H,6,14H2,1-2H3. The predicted molar refractivity (Wildman–Crippen MR) is 58.4 cm³/mol. The summed E-state index contributed by atoms with van der Waals surface area (Å²) < 4.78 is 14.4. The van der Waals surface area contributed by atoms with Gasteiger partial charge < -0.3 is 5.73 Å². The summed E-state index contributed by atoms with van der Waals surface area (Å²) in [5, 5.41) is 0. The molecule has 1 unspecified atom stereocenters. The van der Waals surface area contributed by atoms with E-state index in [0.717, 1.165) is 10.9 Å². The van der Waals surface area contributed by atoms with E-state index in [4.69, 9.17) is 5.73 Å². The Balaban J connectivity index is 2.45. The topological polar surface area (TPSA) is 26.0 Å². The van der Waals surface area contributed by atoms with Crippen molar-refractivity contribution in [2.24, 2.45) is 11.1 Å². The molecule has 0 amide bonds. The molecule has 0 aromatic heterocycles. The Bertz CT molecular complexity index is 389. The van der Waals surface area contributed by atoms with E-state index < -0.39 is 5.54 Å². The van der Waals surface area contributed by atoms with Gasteiger partial charge in [0.05, 0.1) is 0 Å². The van der Waals surface area contributed by atoms with Gasteiger partial charge in [-0.05, 0) is 24.0 Å². The van der Waals surface area contributed by atoms with E-state index in [1.165, 1.54) is 6.07 Å². The smallest absolute Gasteiger partial charge is 0.129 e.